The van der Waals surface area contributed by atoms with Crippen LogP contribution in [-0.2, 0) is 10.0 Å². The molecule has 35 heavy (non-hydrogen) atoms. The maximum Gasteiger partial charge on any atom is 0.214 e. The second kappa shape index (κ2) is 11.1. The van der Waals surface area contributed by atoms with Crippen LogP contribution in [0.15, 0.2) is 30.4 Å². The second-order valence-corrected chi connectivity index (χ2v) is 11.8. The lowest BCUT2D eigenvalue weighted by Crippen LogP contribution is -2.43. The van der Waals surface area contributed by atoms with Crippen LogP contribution in [0.25, 0.3) is 0 Å². The van der Waals surface area contributed by atoms with Crippen LogP contribution < -0.4 is 11.1 Å². The van der Waals surface area contributed by atoms with Gasteiger partial charge in [-0.1, -0.05) is 29.6 Å². The normalized spacial score (nSPS) is 18.1. The predicted octanol–water partition coefficient (Wildman–Crippen LogP) is 3.09. The van der Waals surface area contributed by atoms with Gasteiger partial charge in [-0.25, -0.2) is 26.5 Å². The van der Waals surface area contributed by atoms with Gasteiger partial charge in [0, 0.05) is 32.2 Å². The van der Waals surface area contributed by atoms with Crippen molar-refractivity contribution in [2.75, 3.05) is 49.5 Å². The molecule has 190 valence electrons. The third kappa shape index (κ3) is 6.24. The molecule has 0 unspecified atom stereocenters. The number of rotatable bonds is 9. The van der Waals surface area contributed by atoms with Gasteiger partial charge in [0.2, 0.25) is 15.8 Å². The summed E-state index contributed by atoms with van der Waals surface area (Å²) in [6, 6.07) is 3.16. The Morgan fingerprint density at radius 3 is 2.54 bits per heavy atom. The summed E-state index contributed by atoms with van der Waals surface area (Å²) in [5.74, 6) is -2.75. The van der Waals surface area contributed by atoms with E-state index in [1.54, 1.807) is 0 Å². The number of nitrogen functional groups attached to an aromatic ring is 1. The molecule has 4 rings (SSSR count). The Labute approximate surface area is 207 Å². The number of piperidine rings is 1. The van der Waals surface area contributed by atoms with E-state index in [4.69, 9.17) is 5.73 Å². The highest BCUT2D eigenvalue weighted by atomic mass is 32.2. The lowest BCUT2D eigenvalue weighted by atomic mass is 10.1. The van der Waals surface area contributed by atoms with E-state index in [2.05, 4.69) is 27.4 Å². The number of halogens is 2. The van der Waals surface area contributed by atoms with Gasteiger partial charge < -0.3 is 11.1 Å². The van der Waals surface area contributed by atoms with E-state index in [0.717, 1.165) is 49.5 Å². The fourth-order valence-electron chi connectivity index (χ4n) is 4.33. The molecular weight excluding hydrogens is 496 g/mol. The molecule has 8 nitrogen and oxygen atoms in total. The monoisotopic (exact) mass is 525 g/mol. The molecule has 0 atom stereocenters. The number of ketones is 1. The van der Waals surface area contributed by atoms with Crippen molar-refractivity contribution in [2.24, 2.45) is 0 Å². The number of nitrogens with two attached hydrogens (primary N) is 1. The minimum absolute atomic E-state index is 0.0410. The first kappa shape index (κ1) is 25.7. The van der Waals surface area contributed by atoms with Crippen LogP contribution in [0.1, 0.15) is 40.9 Å². The molecular formula is C23H29F2N5O3S2. The van der Waals surface area contributed by atoms with Crippen LogP contribution in [0, 0.1) is 11.6 Å². The minimum Gasteiger partial charge on any atom is -0.382 e. The van der Waals surface area contributed by atoms with Gasteiger partial charge >= 0.3 is 0 Å². The molecule has 1 aromatic carbocycles. The zero-order valence-corrected chi connectivity index (χ0v) is 20.9. The molecule has 1 fully saturated rings. The summed E-state index contributed by atoms with van der Waals surface area (Å²) in [7, 11) is -3.32. The van der Waals surface area contributed by atoms with Crippen LogP contribution in [0.2, 0.25) is 0 Å². The van der Waals surface area contributed by atoms with E-state index in [9.17, 15) is 22.0 Å². The number of hydrogen-bond donors (Lipinski definition) is 2. The Kier molecular flexibility index (Phi) is 8.15. The fraction of sp³-hybridized carbons (Fsp3) is 0.478. The molecule has 3 heterocycles. The number of aromatic nitrogens is 1. The molecule has 2 aliphatic heterocycles. The molecule has 0 radical (unpaired) electrons. The molecule has 1 aromatic heterocycles. The van der Waals surface area contributed by atoms with Crippen molar-refractivity contribution in [1.82, 2.24) is 14.2 Å². The number of carbonyl (C=O) groups excluding carboxylic acids is 1. The highest BCUT2D eigenvalue weighted by Gasteiger charge is 2.29. The SMILES string of the molecule is Nc1nc(NC2CCN(S(=O)(=O)CCCN3CC=CCC3)CC2)sc1C(=O)c1c(F)cccc1F. The van der Waals surface area contributed by atoms with Crippen molar-refractivity contribution >= 4 is 38.1 Å². The van der Waals surface area contributed by atoms with Crippen LogP contribution in [0.3, 0.4) is 0 Å². The third-order valence-corrected chi connectivity index (χ3v) is 9.20. The highest BCUT2D eigenvalue weighted by molar-refractivity contribution is 7.89. The topological polar surface area (TPSA) is 109 Å². The number of benzene rings is 1. The second-order valence-electron chi connectivity index (χ2n) is 8.71. The molecule has 12 heteroatoms. The lowest BCUT2D eigenvalue weighted by Gasteiger charge is -2.31. The standard InChI is InChI=1S/C23H29F2N5O3S2/c24-17-6-4-7-18(25)19(17)20(31)21-22(26)28-23(34-21)27-16-8-13-30(14-9-16)35(32,33)15-5-12-29-10-2-1-3-11-29/h1-2,4,6-7,16H,3,5,8-15,26H2,(H,27,28). The molecule has 1 saturated heterocycles. The first-order valence-electron chi connectivity index (χ1n) is 11.6. The number of hydrogen-bond acceptors (Lipinski definition) is 8. The maximum atomic E-state index is 14.0. The Balaban J connectivity index is 1.29. The molecule has 0 aliphatic carbocycles. The van der Waals surface area contributed by atoms with Crippen molar-refractivity contribution in [2.45, 2.75) is 31.7 Å². The predicted molar refractivity (Wildman–Crippen MR) is 133 cm³/mol. The zero-order chi connectivity index (χ0) is 25.0. The number of nitrogens with zero attached hydrogens (tertiary/aromatic N) is 3. The number of anilines is 2. The largest absolute Gasteiger partial charge is 0.382 e. The van der Waals surface area contributed by atoms with Gasteiger partial charge in [-0.05, 0) is 44.4 Å². The third-order valence-electron chi connectivity index (χ3n) is 6.24. The summed E-state index contributed by atoms with van der Waals surface area (Å²) in [6.07, 6.45) is 7.01. The van der Waals surface area contributed by atoms with Crippen LogP contribution in [0.4, 0.5) is 19.7 Å². The van der Waals surface area contributed by atoms with Crippen molar-refractivity contribution in [3.8, 4) is 0 Å². The summed E-state index contributed by atoms with van der Waals surface area (Å²) in [4.78, 5) is 19.0. The first-order valence-corrected chi connectivity index (χ1v) is 14.0. The summed E-state index contributed by atoms with van der Waals surface area (Å²) >= 11 is 0.933. The van der Waals surface area contributed by atoms with Crippen molar-refractivity contribution < 1.29 is 22.0 Å². The number of carbonyl (C=O) groups is 1. The van der Waals surface area contributed by atoms with E-state index in [0.29, 0.717) is 37.5 Å². The molecule has 3 N–H and O–H groups in total. The average molecular weight is 526 g/mol. The Morgan fingerprint density at radius 1 is 1.17 bits per heavy atom. The molecule has 0 amide bonds. The molecule has 2 aliphatic rings. The first-order chi connectivity index (χ1) is 16.7. The fourth-order valence-corrected chi connectivity index (χ4v) is 6.76. The molecule has 2 aromatic rings. The summed E-state index contributed by atoms with van der Waals surface area (Å²) in [5.41, 5.74) is 5.20. The van der Waals surface area contributed by atoms with Gasteiger partial charge in [0.25, 0.3) is 0 Å². The molecule has 0 saturated carbocycles. The maximum absolute atomic E-state index is 14.0. The van der Waals surface area contributed by atoms with Gasteiger partial charge in [0.15, 0.2) is 5.13 Å². The van der Waals surface area contributed by atoms with Gasteiger partial charge in [-0.15, -0.1) is 0 Å². The van der Waals surface area contributed by atoms with E-state index < -0.39 is 33.0 Å². The lowest BCUT2D eigenvalue weighted by molar-refractivity contribution is 0.103. The Morgan fingerprint density at radius 2 is 1.89 bits per heavy atom. The summed E-state index contributed by atoms with van der Waals surface area (Å²) < 4.78 is 55.1. The van der Waals surface area contributed by atoms with E-state index in [1.165, 1.54) is 10.4 Å². The van der Waals surface area contributed by atoms with Gasteiger partial charge in [0.05, 0.1) is 11.3 Å². The van der Waals surface area contributed by atoms with Gasteiger partial charge in [-0.2, -0.15) is 0 Å². The van der Waals surface area contributed by atoms with Gasteiger partial charge in [0.1, 0.15) is 22.3 Å². The average Bonchev–Trinajstić information content (AvgIpc) is 3.19. The van der Waals surface area contributed by atoms with Crippen molar-refractivity contribution in [3.63, 3.8) is 0 Å². The van der Waals surface area contributed by atoms with E-state index in [-0.39, 0.29) is 22.5 Å². The molecule has 0 spiro atoms. The Hall–Kier alpha value is -2.41. The van der Waals surface area contributed by atoms with Crippen LogP contribution in [0.5, 0.6) is 0 Å². The van der Waals surface area contributed by atoms with Crippen molar-refractivity contribution in [3.05, 3.63) is 52.4 Å². The summed E-state index contributed by atoms with van der Waals surface area (Å²) in [5, 5.41) is 3.55. The minimum atomic E-state index is -3.32. The number of sulfonamides is 1. The van der Waals surface area contributed by atoms with Crippen LogP contribution >= 0.6 is 11.3 Å². The zero-order valence-electron chi connectivity index (χ0n) is 19.3. The van der Waals surface area contributed by atoms with Crippen molar-refractivity contribution in [1.29, 1.82) is 0 Å². The number of thiazole rings is 1. The quantitative estimate of drug-likeness (QED) is 0.383. The Bertz CT molecular complexity index is 1170. The molecule has 0 bridgehead atoms. The van der Waals surface area contributed by atoms with Crippen LogP contribution in [-0.4, -0.2) is 72.9 Å². The van der Waals surface area contributed by atoms with E-state index in [1.807, 2.05) is 0 Å². The van der Waals surface area contributed by atoms with E-state index >= 15 is 0 Å². The summed E-state index contributed by atoms with van der Waals surface area (Å²) in [6.45, 7) is 3.39. The highest BCUT2D eigenvalue weighted by Crippen LogP contribution is 2.30. The van der Waals surface area contributed by atoms with Gasteiger partial charge in [-0.3, -0.25) is 9.69 Å². The number of nitrogens with one attached hydrogen (secondary N) is 1. The smallest absolute Gasteiger partial charge is 0.214 e.